The normalized spacial score (nSPS) is 12.7. The van der Waals surface area contributed by atoms with Crippen LogP contribution in [0, 0.1) is 6.92 Å². The Labute approximate surface area is 234 Å². The van der Waals surface area contributed by atoms with Crippen molar-refractivity contribution < 1.29 is 17.9 Å². The summed E-state index contributed by atoms with van der Waals surface area (Å²) in [7, 11) is -2.30. The van der Waals surface area contributed by atoms with Gasteiger partial charge in [-0.1, -0.05) is 32.9 Å². The van der Waals surface area contributed by atoms with Gasteiger partial charge in [0.1, 0.15) is 17.3 Å². The Bertz CT molecular complexity index is 1660. The minimum atomic E-state index is -3.89. The quantitative estimate of drug-likeness (QED) is 0.252. The molecule has 1 atom stereocenters. The summed E-state index contributed by atoms with van der Waals surface area (Å²) >= 11 is 0. The fourth-order valence-corrected chi connectivity index (χ4v) is 5.92. The first kappa shape index (κ1) is 29.3. The van der Waals surface area contributed by atoms with Crippen molar-refractivity contribution in [2.45, 2.75) is 64.2 Å². The van der Waals surface area contributed by atoms with E-state index in [2.05, 4.69) is 28.5 Å². The molecule has 0 fully saturated rings. The molecule has 1 unspecified atom stereocenters. The van der Waals surface area contributed by atoms with Crippen LogP contribution in [0.4, 0.5) is 0 Å². The number of hydrogen-bond donors (Lipinski definition) is 2. The molecule has 0 amide bonds. The number of sulfonamides is 1. The van der Waals surface area contributed by atoms with Crippen LogP contribution in [0.1, 0.15) is 69.5 Å². The summed E-state index contributed by atoms with van der Waals surface area (Å²) in [5.74, 6) is 2.06. The van der Waals surface area contributed by atoms with Crippen LogP contribution in [-0.2, 0) is 10.0 Å². The topological polar surface area (TPSA) is 128 Å². The van der Waals surface area contributed by atoms with E-state index in [-0.39, 0.29) is 34.7 Å². The first-order chi connectivity index (χ1) is 19.1. The molecule has 0 aliphatic rings. The number of imidazole rings is 1. The molecule has 4 rings (SSSR count). The van der Waals surface area contributed by atoms with Gasteiger partial charge in [-0.2, -0.15) is 0 Å². The maximum atomic E-state index is 13.4. The Hall–Kier alpha value is -3.70. The van der Waals surface area contributed by atoms with Gasteiger partial charge >= 0.3 is 0 Å². The molecule has 2 N–H and O–H groups in total. The zero-order valence-electron chi connectivity index (χ0n) is 23.8. The third-order valence-corrected chi connectivity index (χ3v) is 8.53. The standard InChI is InChI=1S/C29H37N5O5S/c1-7-20(8-2)28-31-19(5)26-29(35)32-27(33-34(26)28)24-16-23(13-14-25(24)39-9-3)40(36,37)30-17-18(4)21-11-10-12-22(15-21)38-6/h10-16,18,20,30H,7-9,17H2,1-6H3,(H,32,33,35). The van der Waals surface area contributed by atoms with Crippen LogP contribution in [0.2, 0.25) is 0 Å². The van der Waals surface area contributed by atoms with E-state index in [0.29, 0.717) is 40.7 Å². The number of rotatable bonds is 12. The van der Waals surface area contributed by atoms with Gasteiger partial charge in [0, 0.05) is 12.5 Å². The highest BCUT2D eigenvalue weighted by Crippen LogP contribution is 2.31. The van der Waals surface area contributed by atoms with E-state index in [0.717, 1.165) is 18.4 Å². The number of aromatic amines is 1. The van der Waals surface area contributed by atoms with Crippen molar-refractivity contribution >= 4 is 15.5 Å². The summed E-state index contributed by atoms with van der Waals surface area (Å²) in [4.78, 5) is 20.7. The molecular weight excluding hydrogens is 530 g/mol. The van der Waals surface area contributed by atoms with Crippen LogP contribution >= 0.6 is 0 Å². The van der Waals surface area contributed by atoms with E-state index in [1.54, 1.807) is 24.6 Å². The lowest BCUT2D eigenvalue weighted by atomic mass is 10.0. The van der Waals surface area contributed by atoms with Crippen molar-refractivity contribution in [3.63, 3.8) is 0 Å². The Morgan fingerprint density at radius 2 is 1.85 bits per heavy atom. The fraction of sp³-hybridized carbons (Fsp3) is 0.414. The third kappa shape index (κ3) is 5.90. The van der Waals surface area contributed by atoms with E-state index >= 15 is 0 Å². The number of nitrogens with one attached hydrogen (secondary N) is 2. The molecule has 2 heterocycles. The van der Waals surface area contributed by atoms with E-state index < -0.39 is 10.0 Å². The van der Waals surface area contributed by atoms with Crippen molar-refractivity contribution in [2.75, 3.05) is 20.3 Å². The number of H-pyrrole nitrogens is 1. The molecular formula is C29H37N5O5S. The van der Waals surface area contributed by atoms with Crippen LogP contribution in [0.5, 0.6) is 11.5 Å². The third-order valence-electron chi connectivity index (χ3n) is 7.11. The molecule has 40 heavy (non-hydrogen) atoms. The molecule has 0 aliphatic heterocycles. The average molecular weight is 568 g/mol. The van der Waals surface area contributed by atoms with E-state index in [9.17, 15) is 13.2 Å². The summed E-state index contributed by atoms with van der Waals surface area (Å²) in [5, 5.41) is 4.73. The van der Waals surface area contributed by atoms with Gasteiger partial charge in [-0.3, -0.25) is 4.79 Å². The van der Waals surface area contributed by atoms with Gasteiger partial charge in [-0.05, 0) is 68.5 Å². The largest absolute Gasteiger partial charge is 0.497 e. The fourth-order valence-electron chi connectivity index (χ4n) is 4.76. The number of hydrogen-bond acceptors (Lipinski definition) is 7. The molecule has 0 saturated carbocycles. The zero-order chi connectivity index (χ0) is 29.0. The number of nitrogens with zero attached hydrogens (tertiary/aromatic N) is 3. The summed E-state index contributed by atoms with van der Waals surface area (Å²) in [6.45, 7) is 10.2. The van der Waals surface area contributed by atoms with E-state index in [1.807, 2.05) is 38.1 Å². The number of ether oxygens (including phenoxy) is 2. The van der Waals surface area contributed by atoms with Gasteiger partial charge in [0.2, 0.25) is 10.0 Å². The number of aryl methyl sites for hydroxylation is 1. The van der Waals surface area contributed by atoms with Crippen molar-refractivity contribution in [1.82, 2.24) is 24.3 Å². The van der Waals surface area contributed by atoms with Crippen LogP contribution in [-0.4, -0.2) is 48.3 Å². The Balaban J connectivity index is 1.73. The van der Waals surface area contributed by atoms with Crippen molar-refractivity contribution in [3.8, 4) is 22.9 Å². The SMILES string of the molecule is CCOc1ccc(S(=O)(=O)NCC(C)c2cccc(OC)c2)cc1-c1nn2c(C(CC)CC)nc(C)c2c(=O)[nH]1. The predicted octanol–water partition coefficient (Wildman–Crippen LogP) is 4.79. The highest BCUT2D eigenvalue weighted by Gasteiger charge is 2.23. The minimum absolute atomic E-state index is 0.0357. The number of fused-ring (bicyclic) bond motifs is 1. The monoisotopic (exact) mass is 567 g/mol. The lowest BCUT2D eigenvalue weighted by molar-refractivity contribution is 0.341. The van der Waals surface area contributed by atoms with Crippen LogP contribution < -0.4 is 19.8 Å². The van der Waals surface area contributed by atoms with E-state index in [1.165, 1.54) is 12.1 Å². The van der Waals surface area contributed by atoms with Gasteiger partial charge in [-0.25, -0.2) is 22.6 Å². The average Bonchev–Trinajstić information content (AvgIpc) is 3.29. The molecule has 2 aromatic carbocycles. The molecule has 4 aromatic rings. The Kier molecular flexibility index (Phi) is 8.95. The molecule has 10 nitrogen and oxygen atoms in total. The van der Waals surface area contributed by atoms with Crippen LogP contribution in [0.3, 0.4) is 0 Å². The van der Waals surface area contributed by atoms with Crippen LogP contribution in [0.25, 0.3) is 16.9 Å². The van der Waals surface area contributed by atoms with Gasteiger partial charge in [0.15, 0.2) is 11.3 Å². The molecule has 2 aromatic heterocycles. The second-order valence-corrected chi connectivity index (χ2v) is 11.5. The highest BCUT2D eigenvalue weighted by molar-refractivity contribution is 7.89. The number of benzene rings is 2. The van der Waals surface area contributed by atoms with Gasteiger partial charge < -0.3 is 14.5 Å². The van der Waals surface area contributed by atoms with Crippen molar-refractivity contribution in [1.29, 1.82) is 0 Å². The number of aromatic nitrogens is 4. The molecule has 0 bridgehead atoms. The maximum Gasteiger partial charge on any atom is 0.277 e. The first-order valence-electron chi connectivity index (χ1n) is 13.5. The Morgan fingerprint density at radius 1 is 1.10 bits per heavy atom. The molecule has 0 aliphatic carbocycles. The van der Waals surface area contributed by atoms with E-state index in [4.69, 9.17) is 14.6 Å². The highest BCUT2D eigenvalue weighted by atomic mass is 32.2. The number of methoxy groups -OCH3 is 1. The summed E-state index contributed by atoms with van der Waals surface area (Å²) in [5.41, 5.74) is 1.94. The maximum absolute atomic E-state index is 13.4. The van der Waals surface area contributed by atoms with Gasteiger partial charge in [0.05, 0.1) is 29.9 Å². The van der Waals surface area contributed by atoms with Gasteiger partial charge in [0.25, 0.3) is 5.56 Å². The molecule has 214 valence electrons. The smallest absolute Gasteiger partial charge is 0.277 e. The van der Waals surface area contributed by atoms with Crippen LogP contribution in [0.15, 0.2) is 52.2 Å². The lowest BCUT2D eigenvalue weighted by Gasteiger charge is -2.16. The summed E-state index contributed by atoms with van der Waals surface area (Å²) in [6.07, 6.45) is 1.69. The molecule has 0 saturated heterocycles. The minimum Gasteiger partial charge on any atom is -0.497 e. The zero-order valence-corrected chi connectivity index (χ0v) is 24.6. The molecule has 0 radical (unpaired) electrons. The second kappa shape index (κ2) is 12.2. The van der Waals surface area contributed by atoms with Crippen molar-refractivity contribution in [2.24, 2.45) is 0 Å². The Morgan fingerprint density at radius 3 is 2.52 bits per heavy atom. The van der Waals surface area contributed by atoms with Crippen molar-refractivity contribution in [3.05, 3.63) is 69.9 Å². The predicted molar refractivity (Wildman–Crippen MR) is 155 cm³/mol. The molecule has 0 spiro atoms. The lowest BCUT2D eigenvalue weighted by Crippen LogP contribution is -2.27. The first-order valence-corrected chi connectivity index (χ1v) is 15.0. The molecule has 11 heteroatoms. The summed E-state index contributed by atoms with van der Waals surface area (Å²) < 4.78 is 42.1. The second-order valence-electron chi connectivity index (χ2n) is 9.75. The summed E-state index contributed by atoms with van der Waals surface area (Å²) in [6, 6.07) is 12.1. The van der Waals surface area contributed by atoms with Gasteiger partial charge in [-0.15, -0.1) is 5.10 Å².